The molecule has 1 heterocycles. The smallest absolute Gasteiger partial charge is 0.266 e. The van der Waals surface area contributed by atoms with E-state index in [-0.39, 0.29) is 5.57 Å². The van der Waals surface area contributed by atoms with Crippen molar-refractivity contribution in [2.24, 2.45) is 0 Å². The van der Waals surface area contributed by atoms with E-state index in [1.165, 1.54) is 0 Å². The lowest BCUT2D eigenvalue weighted by molar-refractivity contribution is -0.112. The SMILES string of the molecule is Cc1ccc(C)c(NC(=O)C(C#N)=Cc2ccc(N3CCOCC3)cc2)c1. The van der Waals surface area contributed by atoms with Gasteiger partial charge in [0.25, 0.3) is 5.91 Å². The maximum absolute atomic E-state index is 12.5. The number of amides is 1. The van der Waals surface area contributed by atoms with Gasteiger partial charge >= 0.3 is 0 Å². The molecule has 3 rings (SSSR count). The molecular weight excluding hydrogens is 338 g/mol. The van der Waals surface area contributed by atoms with E-state index in [0.29, 0.717) is 0 Å². The Hall–Kier alpha value is -3.10. The highest BCUT2D eigenvalue weighted by Gasteiger charge is 2.13. The molecule has 0 atom stereocenters. The molecule has 0 bridgehead atoms. The molecule has 5 nitrogen and oxygen atoms in total. The third-order valence-electron chi connectivity index (χ3n) is 4.59. The first-order valence-corrected chi connectivity index (χ1v) is 9.00. The summed E-state index contributed by atoms with van der Waals surface area (Å²) in [5.41, 5.74) is 4.76. The maximum atomic E-state index is 12.5. The van der Waals surface area contributed by atoms with Gasteiger partial charge in [-0.25, -0.2) is 0 Å². The molecule has 0 spiro atoms. The molecule has 138 valence electrons. The van der Waals surface area contributed by atoms with Gasteiger partial charge in [-0.3, -0.25) is 4.79 Å². The van der Waals surface area contributed by atoms with Crippen molar-refractivity contribution in [1.82, 2.24) is 0 Å². The quantitative estimate of drug-likeness (QED) is 0.666. The Morgan fingerprint density at radius 3 is 2.52 bits per heavy atom. The van der Waals surface area contributed by atoms with Gasteiger partial charge in [0.1, 0.15) is 11.6 Å². The number of carbonyl (C=O) groups excluding carboxylic acids is 1. The number of ether oxygens (including phenoxy) is 1. The number of nitriles is 1. The minimum Gasteiger partial charge on any atom is -0.378 e. The summed E-state index contributed by atoms with van der Waals surface area (Å²) in [6.07, 6.45) is 1.61. The Labute approximate surface area is 159 Å². The average Bonchev–Trinajstić information content (AvgIpc) is 2.70. The van der Waals surface area contributed by atoms with E-state index >= 15 is 0 Å². The number of rotatable bonds is 4. The second-order valence-corrected chi connectivity index (χ2v) is 6.63. The summed E-state index contributed by atoms with van der Waals surface area (Å²) in [6, 6.07) is 15.7. The van der Waals surface area contributed by atoms with E-state index in [2.05, 4.69) is 10.2 Å². The lowest BCUT2D eigenvalue weighted by atomic mass is 10.1. The number of benzene rings is 2. The van der Waals surface area contributed by atoms with E-state index in [1.807, 2.05) is 62.4 Å². The Bertz CT molecular complexity index is 889. The van der Waals surface area contributed by atoms with Crippen LogP contribution in [0.25, 0.3) is 6.08 Å². The topological polar surface area (TPSA) is 65.4 Å². The summed E-state index contributed by atoms with van der Waals surface area (Å²) < 4.78 is 5.37. The normalized spacial score (nSPS) is 14.6. The van der Waals surface area contributed by atoms with Crippen LogP contribution in [0, 0.1) is 25.2 Å². The van der Waals surface area contributed by atoms with E-state index in [4.69, 9.17) is 4.74 Å². The predicted molar refractivity (Wildman–Crippen MR) is 108 cm³/mol. The van der Waals surface area contributed by atoms with Crippen LogP contribution in [0.4, 0.5) is 11.4 Å². The number of aryl methyl sites for hydroxylation is 2. The Morgan fingerprint density at radius 2 is 1.85 bits per heavy atom. The molecule has 2 aromatic carbocycles. The van der Waals surface area contributed by atoms with Crippen LogP contribution in [-0.2, 0) is 9.53 Å². The lowest BCUT2D eigenvalue weighted by Crippen LogP contribution is -2.36. The third-order valence-corrected chi connectivity index (χ3v) is 4.59. The van der Waals surface area contributed by atoms with Crippen LogP contribution in [0.15, 0.2) is 48.0 Å². The van der Waals surface area contributed by atoms with Crippen molar-refractivity contribution in [3.8, 4) is 6.07 Å². The van der Waals surface area contributed by atoms with E-state index in [9.17, 15) is 10.1 Å². The summed E-state index contributed by atoms with van der Waals surface area (Å²) in [5.74, 6) is -0.400. The number of morpholine rings is 1. The molecule has 1 fully saturated rings. The highest BCUT2D eigenvalue weighted by molar-refractivity contribution is 6.10. The van der Waals surface area contributed by atoms with Crippen LogP contribution in [0.3, 0.4) is 0 Å². The molecule has 1 N–H and O–H groups in total. The van der Waals surface area contributed by atoms with Gasteiger partial charge in [0.15, 0.2) is 0 Å². The Balaban J connectivity index is 1.74. The molecule has 0 aromatic heterocycles. The number of carbonyl (C=O) groups is 1. The van der Waals surface area contributed by atoms with E-state index in [0.717, 1.165) is 54.4 Å². The van der Waals surface area contributed by atoms with Gasteiger partial charge in [0.2, 0.25) is 0 Å². The van der Waals surface area contributed by atoms with Crippen LogP contribution >= 0.6 is 0 Å². The van der Waals surface area contributed by atoms with Gasteiger partial charge in [-0.1, -0.05) is 24.3 Å². The third kappa shape index (κ3) is 4.75. The zero-order chi connectivity index (χ0) is 19.2. The molecule has 0 saturated carbocycles. The molecular formula is C22H23N3O2. The minimum absolute atomic E-state index is 0.0787. The standard InChI is InChI=1S/C22H23N3O2/c1-16-3-4-17(2)21(13-16)24-22(26)19(15-23)14-18-5-7-20(8-6-18)25-9-11-27-12-10-25/h3-8,13-14H,9-12H2,1-2H3,(H,24,26). The van der Waals surface area contributed by atoms with Crippen LogP contribution in [-0.4, -0.2) is 32.2 Å². The highest BCUT2D eigenvalue weighted by Crippen LogP contribution is 2.20. The van der Waals surface area contributed by atoms with Gasteiger partial charge in [-0.2, -0.15) is 5.26 Å². The number of nitrogens with zero attached hydrogens (tertiary/aromatic N) is 2. The van der Waals surface area contributed by atoms with Gasteiger partial charge in [0, 0.05) is 24.5 Å². The first-order chi connectivity index (χ1) is 13.1. The summed E-state index contributed by atoms with van der Waals surface area (Å²) in [5, 5.41) is 12.3. The first kappa shape index (κ1) is 18.7. The monoisotopic (exact) mass is 361 g/mol. The fraction of sp³-hybridized carbons (Fsp3) is 0.273. The molecule has 27 heavy (non-hydrogen) atoms. The number of hydrogen-bond donors (Lipinski definition) is 1. The van der Waals surface area contributed by atoms with Crippen molar-refractivity contribution in [3.05, 3.63) is 64.7 Å². The number of nitrogens with one attached hydrogen (secondary N) is 1. The van der Waals surface area contributed by atoms with Crippen molar-refractivity contribution in [3.63, 3.8) is 0 Å². The van der Waals surface area contributed by atoms with Gasteiger partial charge < -0.3 is 15.0 Å². The second-order valence-electron chi connectivity index (χ2n) is 6.63. The van der Waals surface area contributed by atoms with E-state index in [1.54, 1.807) is 6.08 Å². The zero-order valence-corrected chi connectivity index (χ0v) is 15.7. The molecule has 2 aromatic rings. The van der Waals surface area contributed by atoms with Crippen LogP contribution in [0.1, 0.15) is 16.7 Å². The van der Waals surface area contributed by atoms with Crippen molar-refractivity contribution >= 4 is 23.4 Å². The summed E-state index contributed by atoms with van der Waals surface area (Å²) in [4.78, 5) is 14.8. The van der Waals surface area contributed by atoms with Crippen LogP contribution in [0.5, 0.6) is 0 Å². The first-order valence-electron chi connectivity index (χ1n) is 9.00. The molecule has 1 aliphatic rings. The van der Waals surface area contributed by atoms with Gasteiger partial charge in [-0.05, 0) is 54.8 Å². The molecule has 0 aliphatic carbocycles. The molecule has 0 radical (unpaired) electrons. The Morgan fingerprint density at radius 1 is 1.15 bits per heavy atom. The fourth-order valence-corrected chi connectivity index (χ4v) is 2.98. The largest absolute Gasteiger partial charge is 0.378 e. The summed E-state index contributed by atoms with van der Waals surface area (Å²) >= 11 is 0. The van der Waals surface area contributed by atoms with Crippen molar-refractivity contribution in [2.45, 2.75) is 13.8 Å². The van der Waals surface area contributed by atoms with Crippen LogP contribution in [0.2, 0.25) is 0 Å². The molecule has 5 heteroatoms. The lowest BCUT2D eigenvalue weighted by Gasteiger charge is -2.28. The van der Waals surface area contributed by atoms with Gasteiger partial charge in [0.05, 0.1) is 13.2 Å². The summed E-state index contributed by atoms with van der Waals surface area (Å²) in [6.45, 7) is 7.10. The molecule has 1 amide bonds. The maximum Gasteiger partial charge on any atom is 0.266 e. The molecule has 1 saturated heterocycles. The highest BCUT2D eigenvalue weighted by atomic mass is 16.5. The minimum atomic E-state index is -0.400. The van der Waals surface area contributed by atoms with Gasteiger partial charge in [-0.15, -0.1) is 0 Å². The number of anilines is 2. The predicted octanol–water partition coefficient (Wildman–Crippen LogP) is 3.69. The van der Waals surface area contributed by atoms with Crippen molar-refractivity contribution in [1.29, 1.82) is 5.26 Å². The second kappa shape index (κ2) is 8.52. The molecule has 0 unspecified atom stereocenters. The Kier molecular flexibility index (Phi) is 5.90. The van der Waals surface area contributed by atoms with Crippen LogP contribution < -0.4 is 10.2 Å². The average molecular weight is 361 g/mol. The fourth-order valence-electron chi connectivity index (χ4n) is 2.98. The zero-order valence-electron chi connectivity index (χ0n) is 15.7. The van der Waals surface area contributed by atoms with Crippen molar-refractivity contribution < 1.29 is 9.53 Å². The number of hydrogen-bond acceptors (Lipinski definition) is 4. The van der Waals surface area contributed by atoms with Crippen molar-refractivity contribution in [2.75, 3.05) is 36.5 Å². The van der Waals surface area contributed by atoms with E-state index < -0.39 is 5.91 Å². The summed E-state index contributed by atoms with van der Waals surface area (Å²) in [7, 11) is 0. The molecule has 1 aliphatic heterocycles.